The predicted molar refractivity (Wildman–Crippen MR) is 43.0 cm³/mol. The van der Waals surface area contributed by atoms with E-state index in [1.54, 1.807) is 0 Å². The van der Waals surface area contributed by atoms with E-state index in [4.69, 9.17) is 9.84 Å². The minimum atomic E-state index is -0.00477. The molecule has 1 aliphatic heterocycles. The molecule has 1 aromatic heterocycles. The number of nitrogens with zero attached hydrogens (tertiary/aromatic N) is 2. The van der Waals surface area contributed by atoms with Gasteiger partial charge in [-0.25, -0.2) is 4.68 Å². The molecule has 0 fully saturated rings. The first-order chi connectivity index (χ1) is 5.83. The zero-order chi connectivity index (χ0) is 8.55. The van der Waals surface area contributed by atoms with Crippen molar-refractivity contribution in [3.63, 3.8) is 0 Å². The molecule has 0 saturated heterocycles. The van der Waals surface area contributed by atoms with Crippen LogP contribution in [0.3, 0.4) is 0 Å². The third-order valence-electron chi connectivity index (χ3n) is 2.13. The molecule has 1 N–H and O–H groups in total. The molecule has 2 heterocycles. The molecule has 66 valence electrons. The van der Waals surface area contributed by atoms with E-state index in [1.807, 2.05) is 11.6 Å². The molecule has 1 aliphatic rings. The van der Waals surface area contributed by atoms with E-state index < -0.39 is 0 Å². The summed E-state index contributed by atoms with van der Waals surface area (Å²) >= 11 is 0. The van der Waals surface area contributed by atoms with Crippen molar-refractivity contribution in [1.82, 2.24) is 9.78 Å². The Morgan fingerprint density at radius 3 is 3.17 bits per heavy atom. The molecule has 0 unspecified atom stereocenters. The molecule has 0 aromatic carbocycles. The average molecular weight is 168 g/mol. The van der Waals surface area contributed by atoms with Crippen LogP contribution in [0.1, 0.15) is 17.7 Å². The van der Waals surface area contributed by atoms with E-state index in [0.29, 0.717) is 0 Å². The van der Waals surface area contributed by atoms with Gasteiger partial charge < -0.3 is 9.84 Å². The smallest absolute Gasteiger partial charge is 0.215 e. The Hall–Kier alpha value is -1.03. The van der Waals surface area contributed by atoms with Crippen LogP contribution in [0.2, 0.25) is 0 Å². The van der Waals surface area contributed by atoms with E-state index in [1.165, 1.54) is 0 Å². The molecule has 4 heteroatoms. The van der Waals surface area contributed by atoms with E-state index in [9.17, 15) is 0 Å². The predicted octanol–water partition coefficient (Wildman–Crippen LogP) is 0.466. The molecule has 12 heavy (non-hydrogen) atoms. The quantitative estimate of drug-likeness (QED) is 0.663. The summed E-state index contributed by atoms with van der Waals surface area (Å²) < 4.78 is 7.25. The van der Waals surface area contributed by atoms with Gasteiger partial charge >= 0.3 is 0 Å². The molecule has 0 radical (unpaired) electrons. The third kappa shape index (κ3) is 0.992. The van der Waals surface area contributed by atoms with Crippen LogP contribution in [-0.4, -0.2) is 21.5 Å². The van der Waals surface area contributed by atoms with Crippen LogP contribution in [0, 0.1) is 6.92 Å². The van der Waals surface area contributed by atoms with Crippen molar-refractivity contribution < 1.29 is 9.84 Å². The molecule has 2 rings (SSSR count). The van der Waals surface area contributed by atoms with Gasteiger partial charge in [-0.15, -0.1) is 0 Å². The monoisotopic (exact) mass is 168 g/mol. The Morgan fingerprint density at radius 1 is 1.67 bits per heavy atom. The highest BCUT2D eigenvalue weighted by Gasteiger charge is 2.17. The first-order valence-corrected chi connectivity index (χ1v) is 4.13. The molecular formula is C8H12N2O2. The maximum atomic E-state index is 8.94. The summed E-state index contributed by atoms with van der Waals surface area (Å²) in [5.74, 6) is 0.824. The van der Waals surface area contributed by atoms with Crippen molar-refractivity contribution in [2.45, 2.75) is 26.5 Å². The molecule has 0 bridgehead atoms. The summed E-state index contributed by atoms with van der Waals surface area (Å²) in [7, 11) is 0. The summed E-state index contributed by atoms with van der Waals surface area (Å²) in [4.78, 5) is 0. The average Bonchev–Trinajstić information content (AvgIpc) is 2.44. The zero-order valence-corrected chi connectivity index (χ0v) is 7.08. The van der Waals surface area contributed by atoms with Gasteiger partial charge in [0.05, 0.1) is 18.9 Å². The second-order valence-electron chi connectivity index (χ2n) is 2.96. The molecular weight excluding hydrogens is 156 g/mol. The fourth-order valence-electron chi connectivity index (χ4n) is 1.45. The Morgan fingerprint density at radius 2 is 2.50 bits per heavy atom. The minimum Gasteiger partial charge on any atom is -0.478 e. The molecule has 0 saturated carbocycles. The van der Waals surface area contributed by atoms with E-state index >= 15 is 0 Å². The highest BCUT2D eigenvalue weighted by atomic mass is 16.5. The van der Waals surface area contributed by atoms with Crippen molar-refractivity contribution in [2.75, 3.05) is 6.61 Å². The molecule has 1 aromatic rings. The van der Waals surface area contributed by atoms with Gasteiger partial charge in [0.15, 0.2) is 0 Å². The number of hydrogen-bond donors (Lipinski definition) is 1. The molecule has 0 aliphatic carbocycles. The first kappa shape index (κ1) is 7.61. The SMILES string of the molecule is Cc1c(CO)nn2c1OCCC2. The van der Waals surface area contributed by atoms with Gasteiger partial charge in [-0.05, 0) is 6.92 Å². The molecule has 0 atom stereocenters. The summed E-state index contributed by atoms with van der Waals surface area (Å²) in [5.41, 5.74) is 1.70. The van der Waals surface area contributed by atoms with Gasteiger partial charge in [-0.2, -0.15) is 5.10 Å². The highest BCUT2D eigenvalue weighted by molar-refractivity contribution is 5.30. The van der Waals surface area contributed by atoms with Crippen molar-refractivity contribution in [3.05, 3.63) is 11.3 Å². The molecule has 4 nitrogen and oxygen atoms in total. The van der Waals surface area contributed by atoms with Crippen LogP contribution in [0.25, 0.3) is 0 Å². The van der Waals surface area contributed by atoms with Crippen LogP contribution < -0.4 is 4.74 Å². The maximum absolute atomic E-state index is 8.94. The topological polar surface area (TPSA) is 47.3 Å². The van der Waals surface area contributed by atoms with Gasteiger partial charge in [-0.3, -0.25) is 0 Å². The van der Waals surface area contributed by atoms with E-state index in [-0.39, 0.29) is 6.61 Å². The van der Waals surface area contributed by atoms with Crippen molar-refractivity contribution in [1.29, 1.82) is 0 Å². The lowest BCUT2D eigenvalue weighted by Gasteiger charge is -2.14. The normalized spacial score (nSPS) is 15.5. The van der Waals surface area contributed by atoms with Crippen LogP contribution in [0.5, 0.6) is 5.88 Å². The zero-order valence-electron chi connectivity index (χ0n) is 7.08. The number of aliphatic hydroxyl groups is 1. The lowest BCUT2D eigenvalue weighted by atomic mass is 10.3. The summed E-state index contributed by atoms with van der Waals surface area (Å²) in [6.07, 6.45) is 0.999. The number of fused-ring (bicyclic) bond motifs is 1. The third-order valence-corrected chi connectivity index (χ3v) is 2.13. The largest absolute Gasteiger partial charge is 0.478 e. The van der Waals surface area contributed by atoms with E-state index in [2.05, 4.69) is 5.10 Å². The Labute approximate surface area is 70.8 Å². The van der Waals surface area contributed by atoms with Gasteiger partial charge in [0.25, 0.3) is 0 Å². The van der Waals surface area contributed by atoms with Gasteiger partial charge in [0, 0.05) is 18.5 Å². The van der Waals surface area contributed by atoms with Crippen molar-refractivity contribution in [2.24, 2.45) is 0 Å². The fourth-order valence-corrected chi connectivity index (χ4v) is 1.45. The fraction of sp³-hybridized carbons (Fsp3) is 0.625. The number of hydrogen-bond acceptors (Lipinski definition) is 3. The second-order valence-corrected chi connectivity index (χ2v) is 2.96. The number of aromatic nitrogens is 2. The lowest BCUT2D eigenvalue weighted by molar-refractivity contribution is 0.228. The van der Waals surface area contributed by atoms with Crippen molar-refractivity contribution >= 4 is 0 Å². The summed E-state index contributed by atoms with van der Waals surface area (Å²) in [5, 5.41) is 13.1. The number of aliphatic hydroxyl groups excluding tert-OH is 1. The second kappa shape index (κ2) is 2.79. The lowest BCUT2D eigenvalue weighted by Crippen LogP contribution is -2.14. The van der Waals surface area contributed by atoms with Gasteiger partial charge in [0.2, 0.25) is 5.88 Å². The van der Waals surface area contributed by atoms with Crippen LogP contribution >= 0.6 is 0 Å². The summed E-state index contributed by atoms with van der Waals surface area (Å²) in [6, 6.07) is 0. The summed E-state index contributed by atoms with van der Waals surface area (Å²) in [6.45, 7) is 3.58. The Bertz CT molecular complexity index is 293. The van der Waals surface area contributed by atoms with Gasteiger partial charge in [0.1, 0.15) is 0 Å². The highest BCUT2D eigenvalue weighted by Crippen LogP contribution is 2.24. The number of rotatable bonds is 1. The van der Waals surface area contributed by atoms with E-state index in [0.717, 1.165) is 36.7 Å². The van der Waals surface area contributed by atoms with Crippen LogP contribution in [-0.2, 0) is 13.2 Å². The minimum absolute atomic E-state index is 0.00477. The van der Waals surface area contributed by atoms with Crippen LogP contribution in [0.15, 0.2) is 0 Å². The van der Waals surface area contributed by atoms with Crippen molar-refractivity contribution in [3.8, 4) is 5.88 Å². The Kier molecular flexibility index (Phi) is 1.77. The Balaban J connectivity index is 2.44. The standard InChI is InChI=1S/C8H12N2O2/c1-6-7(5-11)9-10-3-2-4-12-8(6)10/h11H,2-5H2,1H3. The first-order valence-electron chi connectivity index (χ1n) is 4.13. The molecule has 0 spiro atoms. The maximum Gasteiger partial charge on any atom is 0.215 e. The van der Waals surface area contributed by atoms with Crippen LogP contribution in [0.4, 0.5) is 0 Å². The number of aryl methyl sites for hydroxylation is 1. The molecule has 0 amide bonds. The van der Waals surface area contributed by atoms with Gasteiger partial charge in [-0.1, -0.05) is 0 Å². The number of ether oxygens (including phenoxy) is 1.